The van der Waals surface area contributed by atoms with Crippen molar-refractivity contribution in [2.24, 2.45) is 0 Å². The molecule has 0 saturated carbocycles. The molecule has 1 unspecified atom stereocenters. The molecule has 1 N–H and O–H groups in total. The second-order valence-corrected chi connectivity index (χ2v) is 5.21. The van der Waals surface area contributed by atoms with E-state index in [1.807, 2.05) is 6.07 Å². The van der Waals surface area contributed by atoms with Crippen LogP contribution in [-0.4, -0.2) is 5.11 Å². The van der Waals surface area contributed by atoms with Crippen LogP contribution >= 0.6 is 43.2 Å². The molecule has 11 heavy (non-hydrogen) atoms. The maximum Gasteiger partial charge on any atom is 0.106 e. The Bertz CT molecular complexity index is 250. The van der Waals surface area contributed by atoms with E-state index in [2.05, 4.69) is 38.4 Å². The quantitative estimate of drug-likeness (QED) is 0.829. The highest BCUT2D eigenvalue weighted by molar-refractivity contribution is 9.13. The third-order valence-corrected chi connectivity index (χ3v) is 4.51. The molecular weight excluding hydrogens is 292 g/mol. The fourth-order valence-electron chi connectivity index (χ4n) is 0.625. The molecule has 0 aliphatic rings. The minimum absolute atomic E-state index is 0.553. The summed E-state index contributed by atoms with van der Waals surface area (Å²) in [6.45, 7) is 3.50. The van der Waals surface area contributed by atoms with Crippen LogP contribution in [0.1, 0.15) is 11.0 Å². The van der Waals surface area contributed by atoms with Gasteiger partial charge < -0.3 is 5.11 Å². The highest BCUT2D eigenvalue weighted by atomic mass is 79.9. The fraction of sp³-hybridized carbons (Fsp3) is 0.143. The van der Waals surface area contributed by atoms with E-state index in [0.29, 0.717) is 0 Å². The Balaban J connectivity index is 2.96. The Labute approximate surface area is 86.0 Å². The van der Waals surface area contributed by atoms with Crippen LogP contribution < -0.4 is 0 Å². The molecule has 0 radical (unpaired) electrons. The molecule has 0 aliphatic heterocycles. The third-order valence-electron chi connectivity index (χ3n) is 1.18. The molecule has 1 heterocycles. The van der Waals surface area contributed by atoms with Crippen LogP contribution in [0.5, 0.6) is 0 Å². The van der Waals surface area contributed by atoms with Gasteiger partial charge in [0.25, 0.3) is 0 Å². The van der Waals surface area contributed by atoms with E-state index in [4.69, 9.17) is 0 Å². The highest BCUT2D eigenvalue weighted by Crippen LogP contribution is 2.35. The predicted octanol–water partition coefficient (Wildman–Crippen LogP) is 3.49. The van der Waals surface area contributed by atoms with E-state index in [-0.39, 0.29) is 0 Å². The van der Waals surface area contributed by atoms with Crippen LogP contribution in [0.4, 0.5) is 0 Å². The number of halogens is 2. The molecule has 4 heteroatoms. The van der Waals surface area contributed by atoms with E-state index < -0.39 is 6.10 Å². The summed E-state index contributed by atoms with van der Waals surface area (Å²) in [4.78, 5) is 0.888. The zero-order chi connectivity index (χ0) is 8.43. The first-order valence-corrected chi connectivity index (χ1v) is 5.30. The first kappa shape index (κ1) is 9.45. The third kappa shape index (κ3) is 2.15. The second-order valence-electron chi connectivity index (χ2n) is 1.95. The Kier molecular flexibility index (Phi) is 3.30. The van der Waals surface area contributed by atoms with Crippen molar-refractivity contribution in [3.8, 4) is 0 Å². The monoisotopic (exact) mass is 296 g/mol. The van der Waals surface area contributed by atoms with Crippen molar-refractivity contribution in [2.75, 3.05) is 0 Å². The van der Waals surface area contributed by atoms with Crippen molar-refractivity contribution in [1.82, 2.24) is 0 Å². The van der Waals surface area contributed by atoms with Gasteiger partial charge in [0.1, 0.15) is 6.10 Å². The molecule has 0 fully saturated rings. The van der Waals surface area contributed by atoms with Crippen LogP contribution in [0.25, 0.3) is 0 Å². The van der Waals surface area contributed by atoms with E-state index >= 15 is 0 Å². The topological polar surface area (TPSA) is 20.2 Å². The summed E-state index contributed by atoms with van der Waals surface area (Å²) in [6, 6.07) is 1.88. The Morgan fingerprint density at radius 2 is 2.27 bits per heavy atom. The summed E-state index contributed by atoms with van der Waals surface area (Å²) in [7, 11) is 0. The van der Waals surface area contributed by atoms with E-state index in [1.165, 1.54) is 17.4 Å². The van der Waals surface area contributed by atoms with Crippen molar-refractivity contribution in [3.63, 3.8) is 0 Å². The first-order chi connectivity index (χ1) is 5.15. The van der Waals surface area contributed by atoms with Crippen LogP contribution in [0.2, 0.25) is 0 Å². The first-order valence-electron chi connectivity index (χ1n) is 2.90. The number of aliphatic hydroxyl groups excluding tert-OH is 1. The zero-order valence-electron chi connectivity index (χ0n) is 5.55. The molecule has 60 valence electrons. The number of hydrogen-bond acceptors (Lipinski definition) is 2. The lowest BCUT2D eigenvalue weighted by atomic mass is 10.3. The number of hydrogen-bond donors (Lipinski definition) is 1. The molecule has 1 aromatic rings. The van der Waals surface area contributed by atoms with Gasteiger partial charge in [0, 0.05) is 9.35 Å². The molecule has 0 bridgehead atoms. The number of aliphatic hydroxyl groups is 1. The summed E-state index contributed by atoms with van der Waals surface area (Å²) in [5.41, 5.74) is 0. The Morgan fingerprint density at radius 1 is 1.64 bits per heavy atom. The summed E-state index contributed by atoms with van der Waals surface area (Å²) in [6.07, 6.45) is 0.952. The summed E-state index contributed by atoms with van der Waals surface area (Å²) >= 11 is 8.17. The molecule has 1 aromatic heterocycles. The molecular formula is C7H6Br2OS. The van der Waals surface area contributed by atoms with Gasteiger partial charge >= 0.3 is 0 Å². The Hall–Kier alpha value is 0.360. The van der Waals surface area contributed by atoms with Gasteiger partial charge in [-0.15, -0.1) is 17.9 Å². The zero-order valence-corrected chi connectivity index (χ0v) is 9.54. The minimum atomic E-state index is -0.553. The fourth-order valence-corrected chi connectivity index (χ4v) is 2.70. The summed E-state index contributed by atoms with van der Waals surface area (Å²) < 4.78 is 1.96. The average Bonchev–Trinajstić information content (AvgIpc) is 2.31. The Morgan fingerprint density at radius 3 is 2.64 bits per heavy atom. The normalized spacial score (nSPS) is 13.0. The van der Waals surface area contributed by atoms with E-state index in [0.717, 1.165) is 13.1 Å². The average molecular weight is 298 g/mol. The van der Waals surface area contributed by atoms with Gasteiger partial charge in [0.2, 0.25) is 0 Å². The van der Waals surface area contributed by atoms with Crippen LogP contribution in [-0.2, 0) is 0 Å². The van der Waals surface area contributed by atoms with Gasteiger partial charge in [0.15, 0.2) is 0 Å². The molecule has 0 aromatic carbocycles. The number of rotatable bonds is 2. The summed E-state index contributed by atoms with van der Waals surface area (Å²) in [5, 5.41) is 9.32. The van der Waals surface area contributed by atoms with Crippen LogP contribution in [0.15, 0.2) is 27.0 Å². The van der Waals surface area contributed by atoms with E-state index in [1.54, 1.807) is 0 Å². The molecule has 1 atom stereocenters. The van der Waals surface area contributed by atoms with Crippen LogP contribution in [0.3, 0.4) is 0 Å². The molecule has 0 aliphatic carbocycles. The lowest BCUT2D eigenvalue weighted by Crippen LogP contribution is -1.85. The van der Waals surface area contributed by atoms with Gasteiger partial charge in [0.05, 0.1) is 3.79 Å². The van der Waals surface area contributed by atoms with Crippen LogP contribution in [0, 0.1) is 0 Å². The number of thiophene rings is 1. The maximum atomic E-state index is 9.32. The summed E-state index contributed by atoms with van der Waals surface area (Å²) in [5.74, 6) is 0. The lowest BCUT2D eigenvalue weighted by molar-refractivity contribution is 0.233. The van der Waals surface area contributed by atoms with Gasteiger partial charge in [-0.1, -0.05) is 6.08 Å². The maximum absolute atomic E-state index is 9.32. The predicted molar refractivity (Wildman–Crippen MR) is 54.9 cm³/mol. The minimum Gasteiger partial charge on any atom is -0.383 e. The molecule has 0 amide bonds. The van der Waals surface area contributed by atoms with Crippen molar-refractivity contribution in [1.29, 1.82) is 0 Å². The van der Waals surface area contributed by atoms with Gasteiger partial charge in [-0.3, -0.25) is 0 Å². The van der Waals surface area contributed by atoms with Crippen molar-refractivity contribution in [3.05, 3.63) is 31.9 Å². The lowest BCUT2D eigenvalue weighted by Gasteiger charge is -1.97. The SMILES string of the molecule is C=CC(O)c1cc(Br)c(Br)s1. The smallest absolute Gasteiger partial charge is 0.106 e. The van der Waals surface area contributed by atoms with Crippen molar-refractivity contribution >= 4 is 43.2 Å². The van der Waals surface area contributed by atoms with Crippen molar-refractivity contribution < 1.29 is 5.11 Å². The van der Waals surface area contributed by atoms with Gasteiger partial charge in [-0.25, -0.2) is 0 Å². The van der Waals surface area contributed by atoms with Gasteiger partial charge in [-0.2, -0.15) is 0 Å². The van der Waals surface area contributed by atoms with Crippen molar-refractivity contribution in [2.45, 2.75) is 6.10 Å². The standard InChI is InChI=1S/C7H6Br2OS/c1-2-5(10)6-3-4(8)7(9)11-6/h2-3,5,10H,1H2. The largest absolute Gasteiger partial charge is 0.383 e. The van der Waals surface area contributed by atoms with E-state index in [9.17, 15) is 5.11 Å². The van der Waals surface area contributed by atoms with Gasteiger partial charge in [-0.05, 0) is 37.9 Å². The molecule has 1 nitrogen and oxygen atoms in total. The second kappa shape index (κ2) is 3.85. The molecule has 0 saturated heterocycles. The molecule has 0 spiro atoms. The molecule has 1 rings (SSSR count). The highest BCUT2D eigenvalue weighted by Gasteiger charge is 2.08.